The van der Waals surface area contributed by atoms with Crippen LogP contribution in [0.25, 0.3) is 0 Å². The number of carbonyl (C=O) groups is 1. The number of hydrogen-bond acceptors (Lipinski definition) is 3. The topological polar surface area (TPSA) is 23.6 Å². The van der Waals surface area contributed by atoms with Crippen LogP contribution in [-0.4, -0.2) is 54.9 Å². The van der Waals surface area contributed by atoms with Gasteiger partial charge in [-0.3, -0.25) is 9.69 Å². The molecule has 0 bridgehead atoms. The zero-order valence-corrected chi connectivity index (χ0v) is 10.6. The van der Waals surface area contributed by atoms with Crippen molar-refractivity contribution < 1.29 is 4.79 Å². The van der Waals surface area contributed by atoms with Crippen molar-refractivity contribution in [3.63, 3.8) is 0 Å². The summed E-state index contributed by atoms with van der Waals surface area (Å²) < 4.78 is 0. The maximum Gasteiger partial charge on any atom is 0.149 e. The van der Waals surface area contributed by atoms with Crippen LogP contribution in [0.2, 0.25) is 0 Å². The molecule has 0 aromatic heterocycles. The smallest absolute Gasteiger partial charge is 0.149 e. The number of ketones is 1. The van der Waals surface area contributed by atoms with E-state index in [1.807, 2.05) is 0 Å². The van der Waals surface area contributed by atoms with Crippen molar-refractivity contribution >= 4 is 5.78 Å². The quantitative estimate of drug-likeness (QED) is 0.721. The summed E-state index contributed by atoms with van der Waals surface area (Å²) in [5.41, 5.74) is 0. The molecular weight excluding hydrogens is 200 g/mol. The first-order valence-corrected chi connectivity index (χ1v) is 6.66. The van der Waals surface area contributed by atoms with Gasteiger partial charge in [0.05, 0.1) is 6.54 Å². The van der Waals surface area contributed by atoms with Gasteiger partial charge in [-0.1, -0.05) is 6.92 Å². The molecule has 1 heterocycles. The molecule has 1 saturated heterocycles. The average molecular weight is 224 g/mol. The number of Topliss-reactive ketones (excluding diaryl/α,β-unsaturated/α-hetero) is 1. The predicted molar refractivity (Wildman–Crippen MR) is 65.5 cm³/mol. The van der Waals surface area contributed by atoms with Crippen LogP contribution in [0.4, 0.5) is 0 Å². The van der Waals surface area contributed by atoms with Gasteiger partial charge in [-0.05, 0) is 39.3 Å². The lowest BCUT2D eigenvalue weighted by atomic mass is 10.1. The number of carbonyl (C=O) groups excluding carboxylic acids is 1. The Morgan fingerprint density at radius 1 is 1.31 bits per heavy atom. The molecule has 0 aromatic carbocycles. The van der Waals surface area contributed by atoms with Gasteiger partial charge in [-0.2, -0.15) is 0 Å². The van der Waals surface area contributed by atoms with Gasteiger partial charge in [0, 0.05) is 25.0 Å². The standard InChI is InChI=1S/C13H24N2O/c1-3-12-9-14(2)7-4-8-15(12)10-13(16)11-5-6-11/h11-12H,3-10H2,1-2H3. The zero-order chi connectivity index (χ0) is 11.5. The van der Waals surface area contributed by atoms with Crippen LogP contribution in [0.15, 0.2) is 0 Å². The lowest BCUT2D eigenvalue weighted by molar-refractivity contribution is -0.121. The Morgan fingerprint density at radius 2 is 2.06 bits per heavy atom. The molecule has 0 radical (unpaired) electrons. The Hall–Kier alpha value is -0.410. The molecule has 1 aliphatic carbocycles. The van der Waals surface area contributed by atoms with Crippen LogP contribution in [0, 0.1) is 5.92 Å². The SMILES string of the molecule is CCC1CN(C)CCCN1CC(=O)C1CC1. The Morgan fingerprint density at radius 3 is 2.69 bits per heavy atom. The van der Waals surface area contributed by atoms with Gasteiger partial charge in [0.2, 0.25) is 0 Å². The minimum Gasteiger partial charge on any atom is -0.305 e. The monoisotopic (exact) mass is 224 g/mol. The van der Waals surface area contributed by atoms with E-state index in [9.17, 15) is 4.79 Å². The van der Waals surface area contributed by atoms with Gasteiger partial charge in [0.1, 0.15) is 5.78 Å². The second-order valence-corrected chi connectivity index (χ2v) is 5.39. The average Bonchev–Trinajstić information content (AvgIpc) is 3.06. The van der Waals surface area contributed by atoms with E-state index in [1.54, 1.807) is 0 Å². The molecule has 1 unspecified atom stereocenters. The van der Waals surface area contributed by atoms with Gasteiger partial charge < -0.3 is 4.90 Å². The summed E-state index contributed by atoms with van der Waals surface area (Å²) in [5, 5.41) is 0. The molecular formula is C13H24N2O. The molecule has 2 fully saturated rings. The van der Waals surface area contributed by atoms with Crippen LogP contribution in [0.1, 0.15) is 32.6 Å². The molecule has 1 aliphatic heterocycles. The summed E-state index contributed by atoms with van der Waals surface area (Å²) in [4.78, 5) is 16.7. The van der Waals surface area contributed by atoms with Crippen molar-refractivity contribution in [1.29, 1.82) is 0 Å². The lowest BCUT2D eigenvalue weighted by Crippen LogP contribution is -2.42. The minimum atomic E-state index is 0.415. The van der Waals surface area contributed by atoms with Crippen LogP contribution in [-0.2, 0) is 4.79 Å². The first-order valence-electron chi connectivity index (χ1n) is 6.66. The molecule has 16 heavy (non-hydrogen) atoms. The summed E-state index contributed by atoms with van der Waals surface area (Å²) >= 11 is 0. The summed E-state index contributed by atoms with van der Waals surface area (Å²) in [6.07, 6.45) is 4.64. The van der Waals surface area contributed by atoms with E-state index in [4.69, 9.17) is 0 Å². The normalized spacial score (nSPS) is 29.0. The molecule has 1 saturated carbocycles. The van der Waals surface area contributed by atoms with E-state index in [-0.39, 0.29) is 0 Å². The van der Waals surface area contributed by atoms with Crippen molar-refractivity contribution in [2.75, 3.05) is 33.2 Å². The van der Waals surface area contributed by atoms with Crippen molar-refractivity contribution in [2.24, 2.45) is 5.92 Å². The van der Waals surface area contributed by atoms with Gasteiger partial charge >= 0.3 is 0 Å². The molecule has 0 spiro atoms. The fourth-order valence-electron chi connectivity index (χ4n) is 2.62. The lowest BCUT2D eigenvalue weighted by Gasteiger charge is -2.29. The van der Waals surface area contributed by atoms with E-state index in [0.29, 0.717) is 24.3 Å². The predicted octanol–water partition coefficient (Wildman–Crippen LogP) is 1.38. The number of rotatable bonds is 4. The van der Waals surface area contributed by atoms with Crippen LogP contribution in [0.5, 0.6) is 0 Å². The number of hydrogen-bond donors (Lipinski definition) is 0. The fraction of sp³-hybridized carbons (Fsp3) is 0.923. The third-order valence-corrected chi connectivity index (χ3v) is 3.89. The molecule has 1 atom stereocenters. The fourth-order valence-corrected chi connectivity index (χ4v) is 2.62. The molecule has 0 N–H and O–H groups in total. The maximum atomic E-state index is 11.9. The van der Waals surface area contributed by atoms with Crippen molar-refractivity contribution in [3.05, 3.63) is 0 Å². The third kappa shape index (κ3) is 3.05. The van der Waals surface area contributed by atoms with Gasteiger partial charge in [0.15, 0.2) is 0 Å². The second kappa shape index (κ2) is 5.28. The summed E-state index contributed by atoms with van der Waals surface area (Å²) in [6.45, 7) is 6.33. The highest BCUT2D eigenvalue weighted by Crippen LogP contribution is 2.30. The molecule has 92 valence electrons. The summed E-state index contributed by atoms with van der Waals surface area (Å²) in [7, 11) is 2.19. The Bertz CT molecular complexity index is 250. The van der Waals surface area contributed by atoms with E-state index in [1.165, 1.54) is 13.0 Å². The molecule has 3 heteroatoms. The zero-order valence-electron chi connectivity index (χ0n) is 10.6. The van der Waals surface area contributed by atoms with Gasteiger partial charge in [-0.25, -0.2) is 0 Å². The van der Waals surface area contributed by atoms with Crippen LogP contribution >= 0.6 is 0 Å². The van der Waals surface area contributed by atoms with E-state index in [0.717, 1.165) is 32.4 Å². The molecule has 0 aromatic rings. The number of likely N-dealkylation sites (N-methyl/N-ethyl adjacent to an activating group) is 1. The number of nitrogens with zero attached hydrogens (tertiary/aromatic N) is 2. The highest BCUT2D eigenvalue weighted by molar-refractivity contribution is 5.85. The first kappa shape index (κ1) is 12.1. The largest absolute Gasteiger partial charge is 0.305 e. The van der Waals surface area contributed by atoms with E-state index < -0.39 is 0 Å². The molecule has 3 nitrogen and oxygen atoms in total. The summed E-state index contributed by atoms with van der Waals surface area (Å²) in [5.74, 6) is 0.904. The first-order chi connectivity index (χ1) is 7.70. The van der Waals surface area contributed by atoms with Crippen molar-refractivity contribution in [3.8, 4) is 0 Å². The van der Waals surface area contributed by atoms with E-state index >= 15 is 0 Å². The second-order valence-electron chi connectivity index (χ2n) is 5.39. The minimum absolute atomic E-state index is 0.415. The van der Waals surface area contributed by atoms with Crippen molar-refractivity contribution in [1.82, 2.24) is 9.80 Å². The summed E-state index contributed by atoms with van der Waals surface area (Å²) in [6, 6.07) is 0.579. The van der Waals surface area contributed by atoms with Crippen LogP contribution in [0.3, 0.4) is 0 Å². The Kier molecular flexibility index (Phi) is 3.98. The highest BCUT2D eigenvalue weighted by Gasteiger charge is 2.32. The molecule has 0 amide bonds. The van der Waals surface area contributed by atoms with E-state index in [2.05, 4.69) is 23.8 Å². The molecule has 2 rings (SSSR count). The van der Waals surface area contributed by atoms with Gasteiger partial charge in [-0.15, -0.1) is 0 Å². The van der Waals surface area contributed by atoms with Crippen molar-refractivity contribution in [2.45, 2.75) is 38.6 Å². The van der Waals surface area contributed by atoms with Crippen LogP contribution < -0.4 is 0 Å². The maximum absolute atomic E-state index is 11.9. The highest BCUT2D eigenvalue weighted by atomic mass is 16.1. The Balaban J connectivity index is 1.90. The Labute approximate surface area is 98.8 Å². The molecule has 2 aliphatic rings. The van der Waals surface area contributed by atoms with Gasteiger partial charge in [0.25, 0.3) is 0 Å². The third-order valence-electron chi connectivity index (χ3n) is 3.89.